The largest absolute Gasteiger partial charge is 0.502 e. The Kier molecular flexibility index (Phi) is 3.93. The van der Waals surface area contributed by atoms with Crippen molar-refractivity contribution in [2.45, 2.75) is 0 Å². The van der Waals surface area contributed by atoms with Crippen LogP contribution in [-0.2, 0) is 0 Å². The fourth-order valence-corrected chi connectivity index (χ4v) is 3.25. The fourth-order valence-electron chi connectivity index (χ4n) is 2.78. The van der Waals surface area contributed by atoms with Gasteiger partial charge in [-0.25, -0.2) is 0 Å². The maximum absolute atomic E-state index is 11.0. The van der Waals surface area contributed by atoms with Crippen molar-refractivity contribution in [3.05, 3.63) is 74.7 Å². The van der Waals surface area contributed by atoms with Crippen LogP contribution in [0.1, 0.15) is 5.56 Å². The third-order valence-electron chi connectivity index (χ3n) is 4.00. The lowest BCUT2D eigenvalue weighted by atomic mass is 10.1. The molecule has 0 fully saturated rings. The SMILES string of the molecule is O=[N+]([O-])c1cc(Br)cc(C=Nc2ccc3c(c2)oc2ccccc23)c1O. The van der Waals surface area contributed by atoms with E-state index in [4.69, 9.17) is 4.42 Å². The Balaban J connectivity index is 1.75. The summed E-state index contributed by atoms with van der Waals surface area (Å²) in [4.78, 5) is 14.7. The number of nitro groups is 1. The lowest BCUT2D eigenvalue weighted by Crippen LogP contribution is -1.92. The number of aliphatic imine (C=N–C) groups is 1. The molecule has 0 atom stereocenters. The second kappa shape index (κ2) is 6.27. The van der Waals surface area contributed by atoms with Crippen LogP contribution >= 0.6 is 15.9 Å². The monoisotopic (exact) mass is 410 g/mol. The van der Waals surface area contributed by atoms with Crippen LogP contribution in [0.25, 0.3) is 21.9 Å². The number of phenolic OH excluding ortho intramolecular Hbond substituents is 1. The minimum Gasteiger partial charge on any atom is -0.502 e. The normalized spacial score (nSPS) is 11.6. The van der Waals surface area contributed by atoms with Crippen molar-refractivity contribution in [3.63, 3.8) is 0 Å². The molecule has 0 aliphatic rings. The summed E-state index contributed by atoms with van der Waals surface area (Å²) < 4.78 is 6.30. The van der Waals surface area contributed by atoms with Gasteiger partial charge in [-0.3, -0.25) is 15.1 Å². The van der Waals surface area contributed by atoms with Gasteiger partial charge in [-0.2, -0.15) is 0 Å². The topological polar surface area (TPSA) is 88.9 Å². The highest BCUT2D eigenvalue weighted by Crippen LogP contribution is 2.34. The summed E-state index contributed by atoms with van der Waals surface area (Å²) in [5, 5.41) is 23.1. The number of phenols is 1. The van der Waals surface area contributed by atoms with Crippen molar-refractivity contribution in [1.29, 1.82) is 0 Å². The molecule has 4 aromatic rings. The van der Waals surface area contributed by atoms with Crippen molar-refractivity contribution >= 4 is 55.5 Å². The summed E-state index contributed by atoms with van der Waals surface area (Å²) in [6.07, 6.45) is 1.39. The smallest absolute Gasteiger partial charge is 0.312 e. The number of rotatable bonds is 3. The van der Waals surface area contributed by atoms with Crippen molar-refractivity contribution in [2.24, 2.45) is 4.99 Å². The Hall–Kier alpha value is -3.19. The van der Waals surface area contributed by atoms with Gasteiger partial charge >= 0.3 is 5.69 Å². The van der Waals surface area contributed by atoms with Crippen LogP contribution < -0.4 is 0 Å². The summed E-state index contributed by atoms with van der Waals surface area (Å²) in [7, 11) is 0. The number of nitrogens with zero attached hydrogens (tertiary/aromatic N) is 2. The molecule has 3 aromatic carbocycles. The van der Waals surface area contributed by atoms with Gasteiger partial charge < -0.3 is 9.52 Å². The van der Waals surface area contributed by atoms with Gasteiger partial charge in [0.25, 0.3) is 0 Å². The first-order chi connectivity index (χ1) is 12.5. The molecule has 0 unspecified atom stereocenters. The Labute approximate surface area is 155 Å². The number of nitro benzene ring substituents is 1. The average molecular weight is 411 g/mol. The first-order valence-corrected chi connectivity index (χ1v) is 8.44. The van der Waals surface area contributed by atoms with E-state index in [0.717, 1.165) is 16.4 Å². The second-order valence-corrected chi connectivity index (χ2v) is 6.57. The van der Waals surface area contributed by atoms with E-state index >= 15 is 0 Å². The molecule has 0 radical (unpaired) electrons. The predicted molar refractivity (Wildman–Crippen MR) is 103 cm³/mol. The van der Waals surface area contributed by atoms with Crippen molar-refractivity contribution < 1.29 is 14.4 Å². The number of furan rings is 1. The molecular formula is C19H11BrN2O4. The molecule has 0 saturated carbocycles. The van der Waals surface area contributed by atoms with E-state index in [1.807, 2.05) is 36.4 Å². The van der Waals surface area contributed by atoms with Crippen LogP contribution in [0, 0.1) is 10.1 Å². The highest BCUT2D eigenvalue weighted by Gasteiger charge is 2.17. The number of para-hydroxylation sites is 1. The molecule has 128 valence electrons. The Morgan fingerprint density at radius 2 is 1.85 bits per heavy atom. The van der Waals surface area contributed by atoms with Gasteiger partial charge in [-0.15, -0.1) is 0 Å². The van der Waals surface area contributed by atoms with Gasteiger partial charge in [0.15, 0.2) is 0 Å². The minimum atomic E-state index is -0.641. The average Bonchev–Trinajstić information content (AvgIpc) is 2.99. The predicted octanol–water partition coefficient (Wildman–Crippen LogP) is 5.71. The number of aromatic hydroxyl groups is 1. The summed E-state index contributed by atoms with van der Waals surface area (Å²) in [6.45, 7) is 0. The maximum Gasteiger partial charge on any atom is 0.312 e. The molecule has 1 aromatic heterocycles. The van der Waals surface area contributed by atoms with E-state index in [-0.39, 0.29) is 11.3 Å². The maximum atomic E-state index is 11.0. The van der Waals surface area contributed by atoms with E-state index in [2.05, 4.69) is 20.9 Å². The van der Waals surface area contributed by atoms with E-state index < -0.39 is 10.7 Å². The van der Waals surface area contributed by atoms with E-state index in [1.165, 1.54) is 12.3 Å². The number of fused-ring (bicyclic) bond motifs is 3. The first-order valence-electron chi connectivity index (χ1n) is 7.65. The summed E-state index contributed by atoms with van der Waals surface area (Å²) >= 11 is 3.20. The van der Waals surface area contributed by atoms with Crippen LogP contribution in [-0.4, -0.2) is 16.2 Å². The number of hydrogen-bond acceptors (Lipinski definition) is 5. The first kappa shape index (κ1) is 16.3. The third-order valence-corrected chi connectivity index (χ3v) is 4.45. The van der Waals surface area contributed by atoms with Gasteiger partial charge in [0.2, 0.25) is 5.75 Å². The standard InChI is InChI=1S/C19H11BrN2O4/c20-12-7-11(19(23)16(8-12)22(24)25)10-21-13-5-6-15-14-3-1-2-4-17(14)26-18(15)9-13/h1-10,23H. The Bertz CT molecular complexity index is 1200. The van der Waals surface area contributed by atoms with E-state index in [0.29, 0.717) is 15.7 Å². The summed E-state index contributed by atoms with van der Waals surface area (Å²) in [5.41, 5.74) is 1.97. The second-order valence-electron chi connectivity index (χ2n) is 5.66. The van der Waals surface area contributed by atoms with Gasteiger partial charge in [0, 0.05) is 39.2 Å². The molecule has 0 spiro atoms. The van der Waals surface area contributed by atoms with Gasteiger partial charge in [-0.1, -0.05) is 34.1 Å². The Morgan fingerprint density at radius 1 is 1.08 bits per heavy atom. The fraction of sp³-hybridized carbons (Fsp3) is 0. The molecule has 4 rings (SSSR count). The van der Waals surface area contributed by atoms with Gasteiger partial charge in [-0.05, 0) is 24.3 Å². The Morgan fingerprint density at radius 3 is 2.65 bits per heavy atom. The molecular weight excluding hydrogens is 400 g/mol. The van der Waals surface area contributed by atoms with Crippen LogP contribution in [0.2, 0.25) is 0 Å². The van der Waals surface area contributed by atoms with Crippen molar-refractivity contribution in [1.82, 2.24) is 0 Å². The van der Waals surface area contributed by atoms with Crippen LogP contribution in [0.5, 0.6) is 5.75 Å². The number of benzene rings is 3. The molecule has 7 heteroatoms. The van der Waals surface area contributed by atoms with Crippen LogP contribution in [0.3, 0.4) is 0 Å². The van der Waals surface area contributed by atoms with Crippen molar-refractivity contribution in [2.75, 3.05) is 0 Å². The van der Waals surface area contributed by atoms with E-state index in [1.54, 1.807) is 12.1 Å². The molecule has 1 N–H and O–H groups in total. The molecule has 0 aliphatic heterocycles. The quantitative estimate of drug-likeness (QED) is 0.266. The molecule has 1 heterocycles. The van der Waals surface area contributed by atoms with Crippen LogP contribution in [0.15, 0.2) is 68.5 Å². The molecule has 26 heavy (non-hydrogen) atoms. The zero-order valence-electron chi connectivity index (χ0n) is 13.2. The molecule has 0 aliphatic carbocycles. The zero-order valence-corrected chi connectivity index (χ0v) is 14.8. The molecule has 6 nitrogen and oxygen atoms in total. The third kappa shape index (κ3) is 2.82. The highest BCUT2D eigenvalue weighted by atomic mass is 79.9. The molecule has 0 saturated heterocycles. The minimum absolute atomic E-state index is 0.246. The lowest BCUT2D eigenvalue weighted by molar-refractivity contribution is -0.385. The molecule has 0 amide bonds. The van der Waals surface area contributed by atoms with E-state index in [9.17, 15) is 15.2 Å². The highest BCUT2D eigenvalue weighted by molar-refractivity contribution is 9.10. The lowest BCUT2D eigenvalue weighted by Gasteiger charge is -2.01. The van der Waals surface area contributed by atoms with Gasteiger partial charge in [0.05, 0.1) is 10.6 Å². The van der Waals surface area contributed by atoms with Gasteiger partial charge in [0.1, 0.15) is 11.2 Å². The summed E-state index contributed by atoms with van der Waals surface area (Å²) in [6, 6.07) is 16.1. The molecule has 0 bridgehead atoms. The van der Waals surface area contributed by atoms with Crippen LogP contribution in [0.4, 0.5) is 11.4 Å². The zero-order chi connectivity index (χ0) is 18.3. The number of halogens is 1. The van der Waals surface area contributed by atoms with Crippen molar-refractivity contribution in [3.8, 4) is 5.75 Å². The number of hydrogen-bond donors (Lipinski definition) is 1. The summed E-state index contributed by atoms with van der Waals surface area (Å²) in [5.74, 6) is -0.424.